The van der Waals surface area contributed by atoms with Gasteiger partial charge in [0.25, 0.3) is 0 Å². The number of aromatic nitrogens is 2. The van der Waals surface area contributed by atoms with E-state index in [1.807, 2.05) is 30.3 Å². The number of rotatable bonds is 5. The highest BCUT2D eigenvalue weighted by Crippen LogP contribution is 2.34. The highest BCUT2D eigenvalue weighted by molar-refractivity contribution is 5.91. The van der Waals surface area contributed by atoms with Crippen molar-refractivity contribution in [1.82, 2.24) is 9.97 Å². The van der Waals surface area contributed by atoms with Crippen LogP contribution in [0.4, 0.5) is 5.82 Å². The Labute approximate surface area is 135 Å². The van der Waals surface area contributed by atoms with Gasteiger partial charge in [-0.25, -0.2) is 9.97 Å². The molecule has 0 radical (unpaired) electrons. The molecular formula is C18H19N3O2. The predicted molar refractivity (Wildman–Crippen MR) is 91.1 cm³/mol. The van der Waals surface area contributed by atoms with Gasteiger partial charge in [0.1, 0.15) is 12.1 Å². The third-order valence-corrected chi connectivity index (χ3v) is 3.79. The molecule has 23 heavy (non-hydrogen) atoms. The van der Waals surface area contributed by atoms with E-state index >= 15 is 0 Å². The van der Waals surface area contributed by atoms with Crippen LogP contribution in [-0.2, 0) is 0 Å². The van der Waals surface area contributed by atoms with E-state index in [9.17, 15) is 0 Å². The lowest BCUT2D eigenvalue weighted by Gasteiger charge is -2.17. The van der Waals surface area contributed by atoms with Gasteiger partial charge in [0, 0.05) is 17.5 Å². The van der Waals surface area contributed by atoms with Crippen molar-refractivity contribution in [2.24, 2.45) is 0 Å². The molecule has 0 aliphatic rings. The largest absolute Gasteiger partial charge is 0.493 e. The number of nitrogens with zero attached hydrogens (tertiary/aromatic N) is 2. The summed E-state index contributed by atoms with van der Waals surface area (Å²) in [6.45, 7) is 2.10. The van der Waals surface area contributed by atoms with Crippen LogP contribution in [0.1, 0.15) is 18.5 Å². The molecule has 5 heteroatoms. The molecule has 0 bridgehead atoms. The predicted octanol–water partition coefficient (Wildman–Crippen LogP) is 3.82. The molecular weight excluding hydrogens is 290 g/mol. The van der Waals surface area contributed by atoms with E-state index in [-0.39, 0.29) is 6.04 Å². The summed E-state index contributed by atoms with van der Waals surface area (Å²) in [5.41, 5.74) is 2.00. The summed E-state index contributed by atoms with van der Waals surface area (Å²) >= 11 is 0. The van der Waals surface area contributed by atoms with Crippen molar-refractivity contribution >= 4 is 16.7 Å². The molecule has 5 nitrogen and oxygen atoms in total. The van der Waals surface area contributed by atoms with Crippen LogP contribution in [0.5, 0.6) is 11.5 Å². The lowest BCUT2D eigenvalue weighted by atomic mass is 10.1. The molecule has 0 fully saturated rings. The Hall–Kier alpha value is -2.82. The maximum absolute atomic E-state index is 5.38. The number of hydrogen-bond donors (Lipinski definition) is 1. The summed E-state index contributed by atoms with van der Waals surface area (Å²) in [4.78, 5) is 8.70. The van der Waals surface area contributed by atoms with Crippen molar-refractivity contribution in [3.8, 4) is 11.5 Å². The molecule has 2 aromatic carbocycles. The summed E-state index contributed by atoms with van der Waals surface area (Å²) in [6, 6.07) is 14.1. The average Bonchev–Trinajstić information content (AvgIpc) is 2.61. The Balaban J connectivity index is 2.00. The van der Waals surface area contributed by atoms with Gasteiger partial charge in [0.05, 0.1) is 19.7 Å². The van der Waals surface area contributed by atoms with Gasteiger partial charge >= 0.3 is 0 Å². The Kier molecular flexibility index (Phi) is 4.28. The van der Waals surface area contributed by atoms with Crippen LogP contribution < -0.4 is 14.8 Å². The SMILES string of the molecule is COc1cc2ncnc(N[C@H](C)c3ccccc3)c2cc1OC. The maximum atomic E-state index is 5.38. The van der Waals surface area contributed by atoms with Crippen molar-refractivity contribution in [2.45, 2.75) is 13.0 Å². The van der Waals surface area contributed by atoms with Crippen molar-refractivity contribution < 1.29 is 9.47 Å². The molecule has 1 heterocycles. The van der Waals surface area contributed by atoms with Crippen LogP contribution in [0.3, 0.4) is 0 Å². The lowest BCUT2D eigenvalue weighted by molar-refractivity contribution is 0.356. The number of methoxy groups -OCH3 is 2. The smallest absolute Gasteiger partial charge is 0.162 e. The first kappa shape index (κ1) is 15.1. The Morgan fingerprint density at radius 2 is 1.65 bits per heavy atom. The molecule has 3 rings (SSSR count). The molecule has 0 spiro atoms. The van der Waals surface area contributed by atoms with Crippen molar-refractivity contribution in [1.29, 1.82) is 0 Å². The van der Waals surface area contributed by atoms with Crippen molar-refractivity contribution in [3.05, 3.63) is 54.4 Å². The fraction of sp³-hybridized carbons (Fsp3) is 0.222. The van der Waals surface area contributed by atoms with Gasteiger partial charge in [-0.3, -0.25) is 0 Å². The van der Waals surface area contributed by atoms with E-state index in [4.69, 9.17) is 9.47 Å². The van der Waals surface area contributed by atoms with Crippen LogP contribution in [0, 0.1) is 0 Å². The van der Waals surface area contributed by atoms with Crippen LogP contribution >= 0.6 is 0 Å². The summed E-state index contributed by atoms with van der Waals surface area (Å²) < 4.78 is 10.7. The van der Waals surface area contributed by atoms with Gasteiger partial charge in [-0.05, 0) is 18.6 Å². The average molecular weight is 309 g/mol. The van der Waals surface area contributed by atoms with E-state index in [2.05, 4.69) is 34.3 Å². The zero-order valence-corrected chi connectivity index (χ0v) is 13.4. The third kappa shape index (κ3) is 3.04. The lowest BCUT2D eigenvalue weighted by Crippen LogP contribution is -2.08. The van der Waals surface area contributed by atoms with Crippen LogP contribution in [0.2, 0.25) is 0 Å². The van der Waals surface area contributed by atoms with Crippen LogP contribution in [0.15, 0.2) is 48.8 Å². The zero-order valence-electron chi connectivity index (χ0n) is 13.4. The van der Waals surface area contributed by atoms with Crippen LogP contribution in [-0.4, -0.2) is 24.2 Å². The minimum atomic E-state index is 0.127. The van der Waals surface area contributed by atoms with Crippen molar-refractivity contribution in [3.63, 3.8) is 0 Å². The number of anilines is 1. The standard InChI is InChI=1S/C18H19N3O2/c1-12(13-7-5-4-6-8-13)21-18-14-9-16(22-2)17(23-3)10-15(14)19-11-20-18/h4-12H,1-3H3,(H,19,20,21)/t12-/m1/s1. The summed E-state index contributed by atoms with van der Waals surface area (Å²) in [5.74, 6) is 2.08. The number of hydrogen-bond acceptors (Lipinski definition) is 5. The number of fused-ring (bicyclic) bond motifs is 1. The number of nitrogens with one attached hydrogen (secondary N) is 1. The van der Waals surface area contributed by atoms with Crippen LogP contribution in [0.25, 0.3) is 10.9 Å². The fourth-order valence-corrected chi connectivity index (χ4v) is 2.53. The first-order valence-corrected chi connectivity index (χ1v) is 7.41. The molecule has 1 atom stereocenters. The Bertz CT molecular complexity index is 806. The van der Waals surface area contributed by atoms with Gasteiger partial charge in [-0.1, -0.05) is 30.3 Å². The molecule has 3 aromatic rings. The van der Waals surface area contributed by atoms with Gasteiger partial charge in [-0.2, -0.15) is 0 Å². The molecule has 0 aliphatic heterocycles. The minimum absolute atomic E-state index is 0.127. The van der Waals surface area contributed by atoms with Gasteiger partial charge in [0.15, 0.2) is 11.5 Å². The van der Waals surface area contributed by atoms with Gasteiger partial charge in [-0.15, -0.1) is 0 Å². The molecule has 0 unspecified atom stereocenters. The molecule has 0 saturated heterocycles. The molecule has 0 saturated carbocycles. The second-order valence-electron chi connectivity index (χ2n) is 5.22. The van der Waals surface area contributed by atoms with Crippen molar-refractivity contribution in [2.75, 3.05) is 19.5 Å². The normalized spacial score (nSPS) is 12.0. The summed E-state index contributed by atoms with van der Waals surface area (Å²) in [7, 11) is 3.23. The molecule has 0 aliphatic carbocycles. The first-order valence-electron chi connectivity index (χ1n) is 7.41. The monoisotopic (exact) mass is 309 g/mol. The molecule has 118 valence electrons. The Morgan fingerprint density at radius 1 is 0.957 bits per heavy atom. The van der Waals surface area contributed by atoms with E-state index in [0.717, 1.165) is 16.7 Å². The zero-order chi connectivity index (χ0) is 16.2. The van der Waals surface area contributed by atoms with Gasteiger partial charge in [0.2, 0.25) is 0 Å². The second kappa shape index (κ2) is 6.52. The summed E-state index contributed by atoms with van der Waals surface area (Å²) in [6.07, 6.45) is 1.55. The molecule has 0 amide bonds. The number of benzene rings is 2. The highest BCUT2D eigenvalue weighted by Gasteiger charge is 2.13. The van der Waals surface area contributed by atoms with Gasteiger partial charge < -0.3 is 14.8 Å². The first-order chi connectivity index (χ1) is 11.2. The fourth-order valence-electron chi connectivity index (χ4n) is 2.53. The second-order valence-corrected chi connectivity index (χ2v) is 5.22. The third-order valence-electron chi connectivity index (χ3n) is 3.79. The highest BCUT2D eigenvalue weighted by atomic mass is 16.5. The molecule has 1 aromatic heterocycles. The van der Waals surface area contributed by atoms with E-state index < -0.39 is 0 Å². The van der Waals surface area contributed by atoms with E-state index in [1.54, 1.807) is 20.5 Å². The number of ether oxygens (including phenoxy) is 2. The van der Waals surface area contributed by atoms with E-state index in [1.165, 1.54) is 5.56 Å². The summed E-state index contributed by atoms with van der Waals surface area (Å²) in [5, 5.41) is 4.34. The Morgan fingerprint density at radius 3 is 2.35 bits per heavy atom. The minimum Gasteiger partial charge on any atom is -0.493 e. The topological polar surface area (TPSA) is 56.3 Å². The van der Waals surface area contributed by atoms with E-state index in [0.29, 0.717) is 11.5 Å². The molecule has 1 N–H and O–H groups in total. The quantitative estimate of drug-likeness (QED) is 0.776. The maximum Gasteiger partial charge on any atom is 0.162 e.